The first-order valence-corrected chi connectivity index (χ1v) is 10.7. The molecule has 1 aromatic carbocycles. The standard InChI is InChI=1S/C23H32N2O3/c1-3-28-20-6-4-16(5-7-20)15-25(2)21(26)14-24-22(27)23-11-17-8-18(12-23)10-19(9-17)13-23/h4-7,17-19H,3,8-15H2,1-2H3,(H,24,27). The highest BCUT2D eigenvalue weighted by Crippen LogP contribution is 2.60. The van der Waals surface area contributed by atoms with Gasteiger partial charge in [-0.2, -0.15) is 0 Å². The molecule has 4 fully saturated rings. The Morgan fingerprint density at radius 1 is 1.07 bits per heavy atom. The summed E-state index contributed by atoms with van der Waals surface area (Å²) in [5.41, 5.74) is 0.856. The van der Waals surface area contributed by atoms with Crippen molar-refractivity contribution in [3.63, 3.8) is 0 Å². The van der Waals surface area contributed by atoms with E-state index in [1.165, 1.54) is 19.3 Å². The van der Waals surface area contributed by atoms with Gasteiger partial charge >= 0.3 is 0 Å². The quantitative estimate of drug-likeness (QED) is 0.784. The van der Waals surface area contributed by atoms with Crippen molar-refractivity contribution in [3.05, 3.63) is 29.8 Å². The van der Waals surface area contributed by atoms with Crippen LogP contribution in [0.3, 0.4) is 0 Å². The highest BCUT2D eigenvalue weighted by Gasteiger charge is 2.54. The Morgan fingerprint density at radius 2 is 1.64 bits per heavy atom. The number of nitrogens with one attached hydrogen (secondary N) is 1. The molecule has 0 radical (unpaired) electrons. The molecule has 5 rings (SSSR count). The summed E-state index contributed by atoms with van der Waals surface area (Å²) in [6, 6.07) is 7.80. The molecule has 4 aliphatic rings. The summed E-state index contributed by atoms with van der Waals surface area (Å²) in [5, 5.41) is 2.98. The molecule has 4 bridgehead atoms. The molecule has 0 spiro atoms. The van der Waals surface area contributed by atoms with Crippen LogP contribution in [-0.4, -0.2) is 36.9 Å². The van der Waals surface area contributed by atoms with E-state index < -0.39 is 0 Å². The second-order valence-corrected chi connectivity index (χ2v) is 9.21. The van der Waals surface area contributed by atoms with Crippen molar-refractivity contribution in [1.82, 2.24) is 10.2 Å². The van der Waals surface area contributed by atoms with Gasteiger partial charge in [0, 0.05) is 19.0 Å². The molecule has 4 aliphatic carbocycles. The van der Waals surface area contributed by atoms with E-state index in [2.05, 4.69) is 5.32 Å². The molecule has 2 amide bonds. The third kappa shape index (κ3) is 3.89. The fourth-order valence-electron chi connectivity index (χ4n) is 6.09. The summed E-state index contributed by atoms with van der Waals surface area (Å²) in [5.74, 6) is 3.10. The van der Waals surface area contributed by atoms with Crippen LogP contribution in [0.15, 0.2) is 24.3 Å². The normalized spacial score (nSPS) is 30.1. The van der Waals surface area contributed by atoms with Gasteiger partial charge in [-0.3, -0.25) is 9.59 Å². The average Bonchev–Trinajstić information content (AvgIpc) is 2.66. The molecular weight excluding hydrogens is 352 g/mol. The lowest BCUT2D eigenvalue weighted by Gasteiger charge is -2.55. The van der Waals surface area contributed by atoms with E-state index in [4.69, 9.17) is 4.74 Å². The Labute approximate surface area is 167 Å². The maximum absolute atomic E-state index is 13.0. The van der Waals surface area contributed by atoms with E-state index in [-0.39, 0.29) is 23.8 Å². The van der Waals surface area contributed by atoms with E-state index in [0.29, 0.717) is 13.2 Å². The molecule has 0 atom stereocenters. The van der Waals surface area contributed by atoms with E-state index in [9.17, 15) is 9.59 Å². The number of likely N-dealkylation sites (N-methyl/N-ethyl adjacent to an activating group) is 1. The number of hydrogen-bond acceptors (Lipinski definition) is 3. The number of nitrogens with zero attached hydrogens (tertiary/aromatic N) is 1. The lowest BCUT2D eigenvalue weighted by molar-refractivity contribution is -0.147. The number of amides is 2. The molecular formula is C23H32N2O3. The zero-order valence-electron chi connectivity index (χ0n) is 17.1. The highest BCUT2D eigenvalue weighted by atomic mass is 16.5. The van der Waals surface area contributed by atoms with Crippen LogP contribution in [-0.2, 0) is 16.1 Å². The van der Waals surface area contributed by atoms with Gasteiger partial charge in [0.15, 0.2) is 0 Å². The molecule has 5 heteroatoms. The molecule has 0 saturated heterocycles. The first-order chi connectivity index (χ1) is 13.5. The van der Waals surface area contributed by atoms with Crippen LogP contribution >= 0.6 is 0 Å². The van der Waals surface area contributed by atoms with Gasteiger partial charge in [0.1, 0.15) is 5.75 Å². The fraction of sp³-hybridized carbons (Fsp3) is 0.652. The van der Waals surface area contributed by atoms with E-state index in [1.54, 1.807) is 11.9 Å². The third-order valence-corrected chi connectivity index (χ3v) is 7.00. The van der Waals surface area contributed by atoms with Crippen LogP contribution in [0.25, 0.3) is 0 Å². The molecule has 0 heterocycles. The predicted molar refractivity (Wildman–Crippen MR) is 108 cm³/mol. The molecule has 28 heavy (non-hydrogen) atoms. The van der Waals surface area contributed by atoms with Crippen molar-refractivity contribution in [2.45, 2.75) is 52.0 Å². The topological polar surface area (TPSA) is 58.6 Å². The number of hydrogen-bond donors (Lipinski definition) is 1. The molecule has 5 nitrogen and oxygen atoms in total. The monoisotopic (exact) mass is 384 g/mol. The van der Waals surface area contributed by atoms with Gasteiger partial charge < -0.3 is 15.0 Å². The largest absolute Gasteiger partial charge is 0.494 e. The fourth-order valence-corrected chi connectivity index (χ4v) is 6.09. The van der Waals surface area contributed by atoms with Crippen molar-refractivity contribution in [2.24, 2.45) is 23.2 Å². The Bertz CT molecular complexity index is 693. The zero-order valence-corrected chi connectivity index (χ0v) is 17.1. The van der Waals surface area contributed by atoms with Crippen LogP contribution < -0.4 is 10.1 Å². The van der Waals surface area contributed by atoms with Crippen molar-refractivity contribution in [2.75, 3.05) is 20.2 Å². The van der Waals surface area contributed by atoms with Gasteiger partial charge in [0.2, 0.25) is 11.8 Å². The first-order valence-electron chi connectivity index (χ1n) is 10.7. The maximum atomic E-state index is 13.0. The van der Waals surface area contributed by atoms with Crippen molar-refractivity contribution < 1.29 is 14.3 Å². The van der Waals surface area contributed by atoms with E-state index in [0.717, 1.165) is 48.3 Å². The first kappa shape index (κ1) is 19.3. The molecule has 1 N–H and O–H groups in total. The highest BCUT2D eigenvalue weighted by molar-refractivity contribution is 5.88. The summed E-state index contributed by atoms with van der Waals surface area (Å²) in [4.78, 5) is 27.2. The second kappa shape index (κ2) is 7.76. The minimum absolute atomic E-state index is 0.0491. The lowest BCUT2D eigenvalue weighted by Crippen LogP contribution is -2.54. The summed E-state index contributed by atoms with van der Waals surface area (Å²) < 4.78 is 5.45. The molecule has 152 valence electrons. The van der Waals surface area contributed by atoms with Crippen molar-refractivity contribution in [1.29, 1.82) is 0 Å². The number of carbonyl (C=O) groups excluding carboxylic acids is 2. The lowest BCUT2D eigenvalue weighted by atomic mass is 9.49. The second-order valence-electron chi connectivity index (χ2n) is 9.21. The van der Waals surface area contributed by atoms with Gasteiger partial charge in [0.05, 0.1) is 13.2 Å². The maximum Gasteiger partial charge on any atom is 0.242 e. The van der Waals surface area contributed by atoms with Gasteiger partial charge in [-0.05, 0) is 80.9 Å². The molecule has 0 aliphatic heterocycles. The SMILES string of the molecule is CCOc1ccc(CN(C)C(=O)CNC(=O)C23CC4CC(CC(C4)C2)C3)cc1. The van der Waals surface area contributed by atoms with E-state index >= 15 is 0 Å². The number of carbonyl (C=O) groups is 2. The Hall–Kier alpha value is -2.04. The number of benzene rings is 1. The van der Waals surface area contributed by atoms with Gasteiger partial charge in [-0.25, -0.2) is 0 Å². The van der Waals surface area contributed by atoms with Gasteiger partial charge in [-0.1, -0.05) is 12.1 Å². The Balaban J connectivity index is 1.28. The molecule has 0 aromatic heterocycles. The summed E-state index contributed by atoms with van der Waals surface area (Å²) in [6.45, 7) is 3.21. The third-order valence-electron chi connectivity index (χ3n) is 7.00. The minimum Gasteiger partial charge on any atom is -0.494 e. The summed E-state index contributed by atoms with van der Waals surface area (Å²) in [7, 11) is 1.79. The molecule has 4 saturated carbocycles. The minimum atomic E-state index is -0.192. The Morgan fingerprint density at radius 3 is 2.18 bits per heavy atom. The number of rotatable bonds is 7. The van der Waals surface area contributed by atoms with Crippen LogP contribution in [0, 0.1) is 23.2 Å². The number of ether oxygens (including phenoxy) is 1. The predicted octanol–water partition coefficient (Wildman–Crippen LogP) is 3.38. The van der Waals surface area contributed by atoms with Gasteiger partial charge in [0.25, 0.3) is 0 Å². The van der Waals surface area contributed by atoms with E-state index in [1.807, 2.05) is 31.2 Å². The van der Waals surface area contributed by atoms with Crippen LogP contribution in [0.2, 0.25) is 0 Å². The molecule has 1 aromatic rings. The molecule has 0 unspecified atom stereocenters. The van der Waals surface area contributed by atoms with Crippen molar-refractivity contribution in [3.8, 4) is 5.75 Å². The zero-order chi connectivity index (χ0) is 19.7. The van der Waals surface area contributed by atoms with Crippen molar-refractivity contribution >= 4 is 11.8 Å². The van der Waals surface area contributed by atoms with Crippen LogP contribution in [0.1, 0.15) is 51.0 Å². The van der Waals surface area contributed by atoms with Crippen LogP contribution in [0.4, 0.5) is 0 Å². The average molecular weight is 385 g/mol. The smallest absolute Gasteiger partial charge is 0.242 e. The summed E-state index contributed by atoms with van der Waals surface area (Å²) >= 11 is 0. The Kier molecular flexibility index (Phi) is 5.35. The van der Waals surface area contributed by atoms with Crippen LogP contribution in [0.5, 0.6) is 5.75 Å². The summed E-state index contributed by atoms with van der Waals surface area (Å²) in [6.07, 6.45) is 7.03. The van der Waals surface area contributed by atoms with Gasteiger partial charge in [-0.15, -0.1) is 0 Å².